The summed E-state index contributed by atoms with van der Waals surface area (Å²) >= 11 is 0. The van der Waals surface area contributed by atoms with E-state index in [-0.39, 0.29) is 12.6 Å². The number of nitrogens with two attached hydrogens (primary N) is 1. The van der Waals surface area contributed by atoms with Crippen molar-refractivity contribution in [2.24, 2.45) is 5.73 Å². The van der Waals surface area contributed by atoms with E-state index in [0.717, 1.165) is 0 Å². The number of likely N-dealkylation sites (tertiary alicyclic amines) is 1. The number of hydrogen-bond donors (Lipinski definition) is 1. The normalized spacial score (nSPS) is 19.8. The lowest BCUT2D eigenvalue weighted by Gasteiger charge is -2.23. The molecule has 0 aliphatic carbocycles. The van der Waals surface area contributed by atoms with Crippen LogP contribution in [0, 0.1) is 0 Å². The highest BCUT2D eigenvalue weighted by Crippen LogP contribution is 2.21. The number of nitrogens with zero attached hydrogens (tertiary/aromatic N) is 1. The van der Waals surface area contributed by atoms with Gasteiger partial charge in [-0.1, -0.05) is 6.58 Å². The van der Waals surface area contributed by atoms with E-state index in [4.69, 9.17) is 5.73 Å². The van der Waals surface area contributed by atoms with E-state index in [1.54, 1.807) is 0 Å². The zero-order chi connectivity index (χ0) is 13.9. The first-order valence-corrected chi connectivity index (χ1v) is 5.26. The highest BCUT2D eigenvalue weighted by Gasteiger charge is 2.43. The van der Waals surface area contributed by atoms with Crippen molar-refractivity contribution in [1.82, 2.24) is 4.90 Å². The Hall–Kier alpha value is -1.57. The number of amides is 1. The third-order valence-electron chi connectivity index (χ3n) is 2.60. The topological polar surface area (TPSA) is 72.6 Å². The summed E-state index contributed by atoms with van der Waals surface area (Å²) in [6.45, 7) is 3.61. The number of carbonyl (C=O) groups excluding carboxylic acids is 2. The monoisotopic (exact) mass is 266 g/mol. The highest BCUT2D eigenvalue weighted by atomic mass is 19.4. The van der Waals surface area contributed by atoms with Gasteiger partial charge in [-0.25, -0.2) is 4.79 Å². The lowest BCUT2D eigenvalue weighted by atomic mass is 10.2. The van der Waals surface area contributed by atoms with Crippen molar-refractivity contribution in [2.75, 3.05) is 13.1 Å². The fourth-order valence-corrected chi connectivity index (χ4v) is 1.72. The summed E-state index contributed by atoms with van der Waals surface area (Å²) in [7, 11) is 0. The smallest absolute Gasteiger partial charge is 0.415 e. The van der Waals surface area contributed by atoms with E-state index in [1.165, 1.54) is 4.90 Å². The molecule has 1 amide bonds. The molecule has 0 aromatic carbocycles. The van der Waals surface area contributed by atoms with E-state index in [2.05, 4.69) is 11.3 Å². The van der Waals surface area contributed by atoms with Gasteiger partial charge in [-0.05, 0) is 12.8 Å². The molecule has 0 spiro atoms. The average molecular weight is 266 g/mol. The Morgan fingerprint density at radius 1 is 1.44 bits per heavy atom. The van der Waals surface area contributed by atoms with Gasteiger partial charge >= 0.3 is 12.1 Å². The van der Waals surface area contributed by atoms with Gasteiger partial charge in [0.2, 0.25) is 0 Å². The maximum absolute atomic E-state index is 11.9. The highest BCUT2D eigenvalue weighted by molar-refractivity contribution is 5.94. The molecular weight excluding hydrogens is 253 g/mol. The Bertz CT molecular complexity index is 368. The zero-order valence-corrected chi connectivity index (χ0v) is 9.50. The summed E-state index contributed by atoms with van der Waals surface area (Å²) in [4.78, 5) is 23.5. The number of hydrogen-bond acceptors (Lipinski definition) is 4. The molecule has 8 heteroatoms. The molecule has 5 nitrogen and oxygen atoms in total. The van der Waals surface area contributed by atoms with Crippen LogP contribution in [0.15, 0.2) is 12.3 Å². The molecule has 0 bridgehead atoms. The quantitative estimate of drug-likeness (QED) is 0.460. The van der Waals surface area contributed by atoms with Crippen LogP contribution in [0.3, 0.4) is 0 Å². The van der Waals surface area contributed by atoms with Crippen LogP contribution in [0.25, 0.3) is 0 Å². The van der Waals surface area contributed by atoms with Gasteiger partial charge in [0.05, 0.1) is 0 Å². The molecule has 1 rings (SSSR count). The Labute approximate surface area is 101 Å². The second kappa shape index (κ2) is 5.38. The SMILES string of the molecule is C=C(OC(=O)C(F)(F)F)C(=O)N1CCC[C@@H]1CN. The maximum atomic E-state index is 11.9. The number of esters is 1. The minimum absolute atomic E-state index is 0.201. The Morgan fingerprint density at radius 2 is 2.06 bits per heavy atom. The molecule has 1 aliphatic heterocycles. The van der Waals surface area contributed by atoms with Crippen LogP contribution in [0.4, 0.5) is 13.2 Å². The van der Waals surface area contributed by atoms with Crippen LogP contribution in [0.1, 0.15) is 12.8 Å². The summed E-state index contributed by atoms with van der Waals surface area (Å²) < 4.78 is 39.7. The molecular formula is C10H13F3N2O3. The maximum Gasteiger partial charge on any atom is 0.491 e. The minimum Gasteiger partial charge on any atom is -0.415 e. The fourth-order valence-electron chi connectivity index (χ4n) is 1.72. The van der Waals surface area contributed by atoms with Crippen LogP contribution in [-0.4, -0.2) is 42.1 Å². The molecule has 2 N–H and O–H groups in total. The van der Waals surface area contributed by atoms with E-state index >= 15 is 0 Å². The van der Waals surface area contributed by atoms with Crippen molar-refractivity contribution in [3.63, 3.8) is 0 Å². The number of alkyl halides is 3. The van der Waals surface area contributed by atoms with Gasteiger partial charge in [0, 0.05) is 19.1 Å². The predicted molar refractivity (Wildman–Crippen MR) is 55.1 cm³/mol. The number of rotatable bonds is 3. The number of carbonyl (C=O) groups is 2. The average Bonchev–Trinajstić information content (AvgIpc) is 2.74. The second-order valence-electron chi connectivity index (χ2n) is 3.84. The first-order chi connectivity index (χ1) is 8.27. The van der Waals surface area contributed by atoms with E-state index < -0.39 is 23.8 Å². The molecule has 0 unspecified atom stereocenters. The van der Waals surface area contributed by atoms with Gasteiger partial charge in [0.15, 0.2) is 5.76 Å². The molecule has 102 valence electrons. The Balaban J connectivity index is 2.62. The predicted octanol–water partition coefficient (Wildman–Crippen LogP) is 0.555. The molecule has 0 saturated carbocycles. The zero-order valence-electron chi connectivity index (χ0n) is 9.50. The van der Waals surface area contributed by atoms with E-state index in [0.29, 0.717) is 19.4 Å². The van der Waals surface area contributed by atoms with Crippen LogP contribution >= 0.6 is 0 Å². The van der Waals surface area contributed by atoms with Crippen molar-refractivity contribution < 1.29 is 27.5 Å². The van der Waals surface area contributed by atoms with Crippen molar-refractivity contribution in [2.45, 2.75) is 25.1 Å². The summed E-state index contributed by atoms with van der Waals surface area (Å²) in [5, 5.41) is 0. The van der Waals surface area contributed by atoms with Gasteiger partial charge in [-0.2, -0.15) is 13.2 Å². The molecule has 1 saturated heterocycles. The standard InChI is InChI=1S/C10H13F3N2O3/c1-6(18-9(17)10(11,12)13)8(16)15-4-2-3-7(15)5-14/h7H,1-5,14H2/t7-/m1/s1. The van der Waals surface area contributed by atoms with Crippen molar-refractivity contribution >= 4 is 11.9 Å². The number of ether oxygens (including phenoxy) is 1. The molecule has 0 radical (unpaired) electrons. The van der Waals surface area contributed by atoms with Crippen LogP contribution in [0.2, 0.25) is 0 Å². The van der Waals surface area contributed by atoms with Crippen molar-refractivity contribution in [1.29, 1.82) is 0 Å². The molecule has 1 aliphatic rings. The Morgan fingerprint density at radius 3 is 2.56 bits per heavy atom. The Kier molecular flexibility index (Phi) is 4.33. The van der Waals surface area contributed by atoms with Crippen LogP contribution in [-0.2, 0) is 14.3 Å². The molecule has 0 aromatic rings. The largest absolute Gasteiger partial charge is 0.491 e. The van der Waals surface area contributed by atoms with Crippen LogP contribution < -0.4 is 5.73 Å². The van der Waals surface area contributed by atoms with E-state index in [1.807, 2.05) is 0 Å². The van der Waals surface area contributed by atoms with Gasteiger partial charge in [-0.15, -0.1) is 0 Å². The lowest BCUT2D eigenvalue weighted by Crippen LogP contribution is -2.41. The van der Waals surface area contributed by atoms with Crippen LogP contribution in [0.5, 0.6) is 0 Å². The minimum atomic E-state index is -5.15. The van der Waals surface area contributed by atoms with Gasteiger partial charge < -0.3 is 15.4 Å². The van der Waals surface area contributed by atoms with Crippen molar-refractivity contribution in [3.05, 3.63) is 12.3 Å². The fraction of sp³-hybridized carbons (Fsp3) is 0.600. The van der Waals surface area contributed by atoms with Gasteiger partial charge in [0.1, 0.15) is 0 Å². The second-order valence-corrected chi connectivity index (χ2v) is 3.84. The molecule has 1 fully saturated rings. The summed E-state index contributed by atoms with van der Waals surface area (Å²) in [6, 6.07) is -0.251. The summed E-state index contributed by atoms with van der Waals surface area (Å²) in [5.74, 6) is -4.12. The third kappa shape index (κ3) is 3.22. The first kappa shape index (κ1) is 14.5. The van der Waals surface area contributed by atoms with Gasteiger partial charge in [0.25, 0.3) is 5.91 Å². The lowest BCUT2D eigenvalue weighted by molar-refractivity contribution is -0.196. The van der Waals surface area contributed by atoms with Crippen molar-refractivity contribution in [3.8, 4) is 0 Å². The summed E-state index contributed by atoms with van der Waals surface area (Å²) in [5.41, 5.74) is 5.42. The summed E-state index contributed by atoms with van der Waals surface area (Å²) in [6.07, 6.45) is -3.78. The molecule has 1 heterocycles. The van der Waals surface area contributed by atoms with Gasteiger partial charge in [-0.3, -0.25) is 4.79 Å². The molecule has 1 atom stereocenters. The van der Waals surface area contributed by atoms with E-state index in [9.17, 15) is 22.8 Å². The first-order valence-electron chi connectivity index (χ1n) is 5.26. The molecule has 18 heavy (non-hydrogen) atoms. The number of halogens is 3. The molecule has 0 aromatic heterocycles. The third-order valence-corrected chi connectivity index (χ3v) is 2.60.